The smallest absolute Gasteiger partial charge is 0.315 e. The van der Waals surface area contributed by atoms with Gasteiger partial charge in [0.2, 0.25) is 5.91 Å². The Labute approximate surface area is 185 Å². The van der Waals surface area contributed by atoms with E-state index in [0.29, 0.717) is 41.9 Å². The number of urea groups is 1. The van der Waals surface area contributed by atoms with Crippen LogP contribution in [-0.2, 0) is 11.3 Å². The van der Waals surface area contributed by atoms with Crippen LogP contribution in [0.25, 0.3) is 0 Å². The zero-order valence-electron chi connectivity index (χ0n) is 16.9. The van der Waals surface area contributed by atoms with Gasteiger partial charge in [0, 0.05) is 60.7 Å². The van der Waals surface area contributed by atoms with Crippen molar-refractivity contribution in [2.45, 2.75) is 49.6 Å². The zero-order valence-corrected chi connectivity index (χ0v) is 18.5. The number of thioether (sulfide) groups is 1. The largest absolute Gasteiger partial charge is 0.340 e. The van der Waals surface area contributed by atoms with Gasteiger partial charge < -0.3 is 15.5 Å². The molecular formula is C21H28ClFN4O2S. The van der Waals surface area contributed by atoms with Crippen LogP contribution < -0.4 is 10.6 Å². The number of nitrogens with one attached hydrogen (secondary N) is 2. The van der Waals surface area contributed by atoms with E-state index in [1.54, 1.807) is 12.1 Å². The van der Waals surface area contributed by atoms with E-state index in [1.807, 2.05) is 16.7 Å². The minimum absolute atomic E-state index is 0.0538. The molecule has 3 saturated heterocycles. The maximum absolute atomic E-state index is 14.0. The minimum Gasteiger partial charge on any atom is -0.340 e. The number of unbranched alkanes of at least 4 members (excludes halogenated alkanes) is 1. The third-order valence-electron chi connectivity index (χ3n) is 6.24. The molecule has 0 radical (unpaired) electrons. The van der Waals surface area contributed by atoms with E-state index in [4.69, 9.17) is 11.6 Å². The first-order valence-electron chi connectivity index (χ1n) is 10.6. The molecule has 4 rings (SSSR count). The van der Waals surface area contributed by atoms with Crippen molar-refractivity contribution in [3.63, 3.8) is 0 Å². The second-order valence-corrected chi connectivity index (χ2v) is 9.90. The van der Waals surface area contributed by atoms with E-state index >= 15 is 0 Å². The quantitative estimate of drug-likeness (QED) is 0.491. The standard InChI is InChI=1S/C21H28ClFN4O2S/c22-15-4-3-5-16(23)14(15)12-26-8-10-27(11-9-26)19(28)7-2-1-6-18-20-17(13-30-18)24-21(29)25-20/h3-5,17-18,20H,1-2,6-13H2,(H2,24,25,29)/t17-,18-,20-/m0/s1. The molecule has 0 bridgehead atoms. The molecule has 3 aliphatic heterocycles. The number of halogens is 2. The molecule has 0 saturated carbocycles. The molecule has 0 spiro atoms. The molecule has 3 heterocycles. The highest BCUT2D eigenvalue weighted by atomic mass is 35.5. The molecule has 2 N–H and O–H groups in total. The number of rotatable bonds is 7. The van der Waals surface area contributed by atoms with Crippen LogP contribution in [0.3, 0.4) is 0 Å². The number of carbonyl (C=O) groups is 2. The third-order valence-corrected chi connectivity index (χ3v) is 8.10. The Morgan fingerprint density at radius 3 is 2.77 bits per heavy atom. The van der Waals surface area contributed by atoms with Crippen molar-refractivity contribution in [3.05, 3.63) is 34.6 Å². The predicted molar refractivity (Wildman–Crippen MR) is 117 cm³/mol. The van der Waals surface area contributed by atoms with Crippen LogP contribution in [0.2, 0.25) is 5.02 Å². The van der Waals surface area contributed by atoms with E-state index in [9.17, 15) is 14.0 Å². The van der Waals surface area contributed by atoms with Crippen molar-refractivity contribution < 1.29 is 14.0 Å². The molecule has 3 atom stereocenters. The summed E-state index contributed by atoms with van der Waals surface area (Å²) in [4.78, 5) is 28.1. The van der Waals surface area contributed by atoms with Gasteiger partial charge in [-0.15, -0.1) is 0 Å². The number of nitrogens with zero attached hydrogens (tertiary/aromatic N) is 2. The normalized spacial score (nSPS) is 26.4. The highest BCUT2D eigenvalue weighted by Gasteiger charge is 2.42. The monoisotopic (exact) mass is 454 g/mol. The molecule has 9 heteroatoms. The highest BCUT2D eigenvalue weighted by molar-refractivity contribution is 8.00. The van der Waals surface area contributed by atoms with Gasteiger partial charge in [0.15, 0.2) is 0 Å². The maximum Gasteiger partial charge on any atom is 0.315 e. The van der Waals surface area contributed by atoms with Crippen LogP contribution in [0.1, 0.15) is 31.2 Å². The lowest BCUT2D eigenvalue weighted by Gasteiger charge is -2.35. The van der Waals surface area contributed by atoms with E-state index < -0.39 is 0 Å². The van der Waals surface area contributed by atoms with Crippen LogP contribution in [0, 0.1) is 5.82 Å². The lowest BCUT2D eigenvalue weighted by molar-refractivity contribution is -0.133. The topological polar surface area (TPSA) is 64.7 Å². The van der Waals surface area contributed by atoms with Gasteiger partial charge in [0.05, 0.1) is 12.1 Å². The predicted octanol–water partition coefficient (Wildman–Crippen LogP) is 2.85. The molecular weight excluding hydrogens is 427 g/mol. The zero-order chi connectivity index (χ0) is 21.1. The number of benzene rings is 1. The SMILES string of the molecule is O=C1N[C@H]2[C@H](CS[C@H]2CCCCC(=O)N2CCN(Cc3c(F)cccc3Cl)CC2)N1. The third kappa shape index (κ3) is 5.03. The average Bonchev–Trinajstić information content (AvgIpc) is 3.28. The second kappa shape index (κ2) is 9.75. The van der Waals surface area contributed by atoms with Crippen molar-refractivity contribution in [3.8, 4) is 0 Å². The van der Waals surface area contributed by atoms with Crippen molar-refractivity contribution in [2.24, 2.45) is 0 Å². The Bertz CT molecular complexity index is 770. The number of hydrogen-bond acceptors (Lipinski definition) is 4. The number of carbonyl (C=O) groups excluding carboxylic acids is 2. The van der Waals surface area contributed by atoms with Crippen molar-refractivity contribution >= 4 is 35.3 Å². The summed E-state index contributed by atoms with van der Waals surface area (Å²) in [7, 11) is 0. The molecule has 30 heavy (non-hydrogen) atoms. The number of hydrogen-bond donors (Lipinski definition) is 2. The fourth-order valence-electron chi connectivity index (χ4n) is 4.49. The summed E-state index contributed by atoms with van der Waals surface area (Å²) in [5, 5.41) is 6.87. The van der Waals surface area contributed by atoms with Gasteiger partial charge in [0.25, 0.3) is 0 Å². The van der Waals surface area contributed by atoms with Crippen LogP contribution in [0.4, 0.5) is 9.18 Å². The Balaban J connectivity index is 1.14. The lowest BCUT2D eigenvalue weighted by Crippen LogP contribution is -2.48. The van der Waals surface area contributed by atoms with Gasteiger partial charge in [-0.3, -0.25) is 9.69 Å². The summed E-state index contributed by atoms with van der Waals surface area (Å²) in [6, 6.07) is 5.19. The first-order valence-corrected chi connectivity index (χ1v) is 12.1. The fraction of sp³-hybridized carbons (Fsp3) is 0.619. The molecule has 3 aliphatic rings. The summed E-state index contributed by atoms with van der Waals surface area (Å²) in [5.74, 6) is 0.891. The molecule has 3 fully saturated rings. The summed E-state index contributed by atoms with van der Waals surface area (Å²) in [5.41, 5.74) is 0.527. The average molecular weight is 455 g/mol. The van der Waals surface area contributed by atoms with Crippen molar-refractivity contribution in [1.29, 1.82) is 0 Å². The van der Waals surface area contributed by atoms with E-state index in [0.717, 1.165) is 38.1 Å². The highest BCUT2D eigenvalue weighted by Crippen LogP contribution is 2.33. The summed E-state index contributed by atoms with van der Waals surface area (Å²) < 4.78 is 14.0. The summed E-state index contributed by atoms with van der Waals surface area (Å²) in [6.45, 7) is 3.27. The van der Waals surface area contributed by atoms with Crippen LogP contribution >= 0.6 is 23.4 Å². The molecule has 0 aromatic heterocycles. The number of amides is 3. The molecule has 164 valence electrons. The molecule has 1 aromatic rings. The summed E-state index contributed by atoms with van der Waals surface area (Å²) >= 11 is 8.04. The van der Waals surface area contributed by atoms with Gasteiger partial charge in [-0.2, -0.15) is 11.8 Å². The van der Waals surface area contributed by atoms with Gasteiger partial charge >= 0.3 is 6.03 Å². The summed E-state index contributed by atoms with van der Waals surface area (Å²) in [6.07, 6.45) is 3.46. The minimum atomic E-state index is -0.277. The lowest BCUT2D eigenvalue weighted by atomic mass is 10.0. The molecule has 0 aliphatic carbocycles. The van der Waals surface area contributed by atoms with Crippen LogP contribution in [0.15, 0.2) is 18.2 Å². The van der Waals surface area contributed by atoms with Gasteiger partial charge in [0.1, 0.15) is 5.82 Å². The first-order chi connectivity index (χ1) is 14.5. The van der Waals surface area contributed by atoms with E-state index in [-0.39, 0.29) is 29.8 Å². The molecule has 6 nitrogen and oxygen atoms in total. The Hall–Kier alpha value is -1.51. The van der Waals surface area contributed by atoms with Gasteiger partial charge in [-0.1, -0.05) is 24.1 Å². The Kier molecular flexibility index (Phi) is 7.05. The van der Waals surface area contributed by atoms with Crippen molar-refractivity contribution in [2.75, 3.05) is 31.9 Å². The Morgan fingerprint density at radius 1 is 1.20 bits per heavy atom. The van der Waals surface area contributed by atoms with Crippen molar-refractivity contribution in [1.82, 2.24) is 20.4 Å². The van der Waals surface area contributed by atoms with Crippen LogP contribution in [0.5, 0.6) is 0 Å². The second-order valence-electron chi connectivity index (χ2n) is 8.22. The Morgan fingerprint density at radius 2 is 2.00 bits per heavy atom. The maximum atomic E-state index is 14.0. The molecule has 1 aromatic carbocycles. The van der Waals surface area contributed by atoms with Gasteiger partial charge in [-0.05, 0) is 25.0 Å². The van der Waals surface area contributed by atoms with E-state index in [2.05, 4.69) is 15.5 Å². The first kappa shape index (κ1) is 21.7. The number of fused-ring (bicyclic) bond motifs is 1. The number of piperazine rings is 1. The molecule has 3 amide bonds. The van der Waals surface area contributed by atoms with E-state index in [1.165, 1.54) is 6.07 Å². The fourth-order valence-corrected chi connectivity index (χ4v) is 6.25. The van der Waals surface area contributed by atoms with Gasteiger partial charge in [-0.25, -0.2) is 9.18 Å². The molecule has 0 unspecified atom stereocenters. The van der Waals surface area contributed by atoms with Crippen LogP contribution in [-0.4, -0.2) is 71.0 Å².